The van der Waals surface area contributed by atoms with E-state index in [9.17, 15) is 14.4 Å². The van der Waals surface area contributed by atoms with Crippen LogP contribution in [0.1, 0.15) is 38.8 Å². The van der Waals surface area contributed by atoms with Gasteiger partial charge in [-0.25, -0.2) is 14.4 Å². The predicted octanol–water partition coefficient (Wildman–Crippen LogP) is 4.65. The van der Waals surface area contributed by atoms with Gasteiger partial charge in [0.25, 0.3) is 0 Å². The van der Waals surface area contributed by atoms with Gasteiger partial charge < -0.3 is 25.4 Å². The minimum Gasteiger partial charge on any atom is -0.492 e. The van der Waals surface area contributed by atoms with Crippen molar-refractivity contribution in [3.63, 3.8) is 0 Å². The molecule has 0 saturated carbocycles. The lowest BCUT2D eigenvalue weighted by Crippen LogP contribution is -2.48. The molecule has 3 N–H and O–H groups in total. The number of carbonyl (C=O) groups excluding carboxylic acids is 3. The Hall–Kier alpha value is -4.01. The van der Waals surface area contributed by atoms with Crippen LogP contribution in [0.15, 0.2) is 59.8 Å². The Morgan fingerprint density at radius 1 is 1.09 bits per heavy atom. The molecular weight excluding hydrogens is 436 g/mol. The summed E-state index contributed by atoms with van der Waals surface area (Å²) in [6, 6.07) is 12.7. The number of amides is 4. The average Bonchev–Trinajstić information content (AvgIpc) is 2.82. The van der Waals surface area contributed by atoms with Crippen LogP contribution in [-0.4, -0.2) is 43.2 Å². The largest absolute Gasteiger partial charge is 0.492 e. The number of para-hydroxylation sites is 2. The molecule has 9 nitrogen and oxygen atoms in total. The van der Waals surface area contributed by atoms with E-state index in [-0.39, 0.29) is 6.03 Å². The number of allylic oxidation sites excluding steroid dienone is 1. The molecule has 4 amide bonds. The maximum Gasteiger partial charge on any atom is 0.337 e. The number of ether oxygens (including phenoxy) is 2. The van der Waals surface area contributed by atoms with E-state index in [1.807, 2.05) is 19.9 Å². The van der Waals surface area contributed by atoms with Crippen molar-refractivity contribution in [1.29, 1.82) is 0 Å². The summed E-state index contributed by atoms with van der Waals surface area (Å²) in [5.41, 5.74) is 2.57. The molecule has 1 heterocycles. The highest BCUT2D eigenvalue weighted by Crippen LogP contribution is 2.32. The maximum absolute atomic E-state index is 12.7. The number of rotatable bonds is 8. The van der Waals surface area contributed by atoms with Crippen LogP contribution in [0.3, 0.4) is 0 Å². The van der Waals surface area contributed by atoms with Gasteiger partial charge in [-0.2, -0.15) is 0 Å². The van der Waals surface area contributed by atoms with Crippen molar-refractivity contribution in [2.45, 2.75) is 33.2 Å². The lowest BCUT2D eigenvalue weighted by atomic mass is 9.94. The van der Waals surface area contributed by atoms with Gasteiger partial charge >= 0.3 is 18.0 Å². The van der Waals surface area contributed by atoms with E-state index in [4.69, 9.17) is 9.47 Å². The zero-order chi connectivity index (χ0) is 24.7. The fourth-order valence-electron chi connectivity index (χ4n) is 3.83. The topological polar surface area (TPSA) is 109 Å². The number of benzene rings is 2. The molecule has 0 aliphatic carbocycles. The SMILES string of the molecule is CCCN1C(=O)NC(c2cccc(NC(=O)Nc3ccccc3OCC)c2)C(C(=O)OC)=C1C. The summed E-state index contributed by atoms with van der Waals surface area (Å²) < 4.78 is 10.5. The molecule has 180 valence electrons. The number of esters is 1. The Labute approximate surface area is 199 Å². The summed E-state index contributed by atoms with van der Waals surface area (Å²) in [4.78, 5) is 39.5. The van der Waals surface area contributed by atoms with Gasteiger partial charge in [-0.3, -0.25) is 4.90 Å². The minimum atomic E-state index is -0.712. The minimum absolute atomic E-state index is 0.291. The Kier molecular flexibility index (Phi) is 8.13. The summed E-state index contributed by atoms with van der Waals surface area (Å²) in [6.07, 6.45) is 0.741. The lowest BCUT2D eigenvalue weighted by molar-refractivity contribution is -0.136. The monoisotopic (exact) mass is 466 g/mol. The van der Waals surface area contributed by atoms with Crippen LogP contribution in [0.25, 0.3) is 0 Å². The van der Waals surface area contributed by atoms with Gasteiger partial charge in [0, 0.05) is 17.9 Å². The van der Waals surface area contributed by atoms with E-state index in [0.717, 1.165) is 6.42 Å². The van der Waals surface area contributed by atoms with Crippen molar-refractivity contribution in [2.75, 3.05) is 30.9 Å². The molecule has 0 fully saturated rings. The second-order valence-electron chi connectivity index (χ2n) is 7.66. The molecule has 0 bridgehead atoms. The summed E-state index contributed by atoms with van der Waals surface area (Å²) >= 11 is 0. The first-order valence-corrected chi connectivity index (χ1v) is 11.2. The number of carbonyl (C=O) groups is 3. The van der Waals surface area contributed by atoms with Gasteiger partial charge in [0.05, 0.1) is 31.0 Å². The van der Waals surface area contributed by atoms with Crippen molar-refractivity contribution in [3.05, 3.63) is 65.4 Å². The third-order valence-electron chi connectivity index (χ3n) is 5.36. The van der Waals surface area contributed by atoms with Gasteiger partial charge in [0.1, 0.15) is 5.75 Å². The van der Waals surface area contributed by atoms with Crippen LogP contribution < -0.4 is 20.7 Å². The summed E-state index contributed by atoms with van der Waals surface area (Å²) in [6.45, 7) is 6.51. The smallest absolute Gasteiger partial charge is 0.337 e. The molecule has 0 radical (unpaired) electrons. The maximum atomic E-state index is 12.7. The van der Waals surface area contributed by atoms with Crippen LogP contribution >= 0.6 is 0 Å². The first kappa shape index (κ1) is 24.6. The first-order valence-electron chi connectivity index (χ1n) is 11.2. The zero-order valence-corrected chi connectivity index (χ0v) is 19.8. The van der Waals surface area contributed by atoms with Crippen LogP contribution in [-0.2, 0) is 9.53 Å². The quantitative estimate of drug-likeness (QED) is 0.491. The number of anilines is 2. The van der Waals surface area contributed by atoms with Crippen LogP contribution in [0.2, 0.25) is 0 Å². The van der Waals surface area contributed by atoms with Crippen molar-refractivity contribution in [2.24, 2.45) is 0 Å². The Balaban J connectivity index is 1.85. The highest BCUT2D eigenvalue weighted by atomic mass is 16.5. The van der Waals surface area contributed by atoms with Crippen LogP contribution in [0.5, 0.6) is 5.75 Å². The number of nitrogens with zero attached hydrogens (tertiary/aromatic N) is 1. The third kappa shape index (κ3) is 5.48. The molecule has 1 atom stereocenters. The highest BCUT2D eigenvalue weighted by Gasteiger charge is 2.36. The van der Waals surface area contributed by atoms with E-state index in [1.165, 1.54) is 12.0 Å². The van der Waals surface area contributed by atoms with Gasteiger partial charge in [-0.1, -0.05) is 31.2 Å². The molecule has 3 rings (SSSR count). The predicted molar refractivity (Wildman–Crippen MR) is 130 cm³/mol. The van der Waals surface area contributed by atoms with Crippen molar-refractivity contribution < 1.29 is 23.9 Å². The fraction of sp³-hybridized carbons (Fsp3) is 0.320. The molecule has 1 aliphatic heterocycles. The van der Waals surface area contributed by atoms with Gasteiger partial charge in [0.15, 0.2) is 0 Å². The van der Waals surface area contributed by atoms with E-state index in [1.54, 1.807) is 49.4 Å². The van der Waals surface area contributed by atoms with E-state index in [2.05, 4.69) is 16.0 Å². The highest BCUT2D eigenvalue weighted by molar-refractivity contribution is 6.01. The normalized spacial score (nSPS) is 15.5. The van der Waals surface area contributed by atoms with Crippen molar-refractivity contribution in [1.82, 2.24) is 10.2 Å². The molecule has 0 aromatic heterocycles. The Morgan fingerprint density at radius 2 is 1.85 bits per heavy atom. The Bertz CT molecular complexity index is 1100. The fourth-order valence-corrected chi connectivity index (χ4v) is 3.83. The van der Waals surface area contributed by atoms with E-state index in [0.29, 0.717) is 47.1 Å². The number of methoxy groups -OCH3 is 1. The van der Waals surface area contributed by atoms with Crippen LogP contribution in [0, 0.1) is 0 Å². The number of hydrogen-bond acceptors (Lipinski definition) is 5. The third-order valence-corrected chi connectivity index (χ3v) is 5.36. The zero-order valence-electron chi connectivity index (χ0n) is 19.8. The molecule has 0 saturated heterocycles. The van der Waals surface area contributed by atoms with E-state index < -0.39 is 18.0 Å². The molecule has 1 aliphatic rings. The molecule has 34 heavy (non-hydrogen) atoms. The second kappa shape index (κ2) is 11.2. The standard InChI is InChI=1S/C25H30N4O5/c1-5-14-29-16(3)21(23(30)33-4)22(28-25(29)32)17-10-9-11-18(15-17)26-24(31)27-19-12-7-8-13-20(19)34-6-2/h7-13,15,22H,5-6,14H2,1-4H3,(H,28,32)(H2,26,27,31). The summed E-state index contributed by atoms with van der Waals surface area (Å²) in [5.74, 6) is 0.0472. The molecule has 1 unspecified atom stereocenters. The molecule has 2 aromatic carbocycles. The van der Waals surface area contributed by atoms with Gasteiger partial charge in [-0.15, -0.1) is 0 Å². The van der Waals surface area contributed by atoms with Crippen molar-refractivity contribution in [3.8, 4) is 5.75 Å². The molecule has 9 heteroatoms. The van der Waals surface area contributed by atoms with Crippen LogP contribution in [0.4, 0.5) is 21.0 Å². The van der Waals surface area contributed by atoms with Gasteiger partial charge in [0.2, 0.25) is 0 Å². The summed E-state index contributed by atoms with van der Waals surface area (Å²) in [7, 11) is 1.31. The second-order valence-corrected chi connectivity index (χ2v) is 7.66. The molecule has 0 spiro atoms. The number of nitrogens with one attached hydrogen (secondary N) is 3. The number of urea groups is 2. The van der Waals surface area contributed by atoms with Crippen molar-refractivity contribution >= 4 is 29.4 Å². The molecule has 2 aromatic rings. The van der Waals surface area contributed by atoms with Gasteiger partial charge in [-0.05, 0) is 50.1 Å². The summed E-state index contributed by atoms with van der Waals surface area (Å²) in [5, 5.41) is 8.45. The Morgan fingerprint density at radius 3 is 2.56 bits per heavy atom. The average molecular weight is 467 g/mol. The lowest BCUT2D eigenvalue weighted by Gasteiger charge is -2.35. The first-order chi connectivity index (χ1) is 16.4. The molecular formula is C25H30N4O5. The van der Waals surface area contributed by atoms with E-state index >= 15 is 0 Å². The number of hydrogen-bond donors (Lipinski definition) is 3.